The number of pyridine rings is 1. The molecule has 3 aromatic heterocycles. The molecule has 0 aromatic carbocycles. The number of fused-ring (bicyclic) bond motifs is 1. The molecule has 0 aliphatic carbocycles. The molecule has 7 nitrogen and oxygen atoms in total. The summed E-state index contributed by atoms with van der Waals surface area (Å²) in [6, 6.07) is 4.64. The van der Waals surface area contributed by atoms with Crippen molar-refractivity contribution >= 4 is 17.0 Å². The molecule has 7 heteroatoms. The number of aromatic nitrogens is 5. The van der Waals surface area contributed by atoms with E-state index in [1.165, 1.54) is 0 Å². The maximum Gasteiger partial charge on any atom is 0.225 e. The molecule has 4 heterocycles. The molecule has 3 aromatic rings. The van der Waals surface area contributed by atoms with Gasteiger partial charge >= 0.3 is 0 Å². The molecule has 4 rings (SSSR count). The first kappa shape index (κ1) is 15.0. The van der Waals surface area contributed by atoms with Crippen molar-refractivity contribution in [2.75, 3.05) is 18.0 Å². The van der Waals surface area contributed by atoms with E-state index >= 15 is 0 Å². The second-order valence-corrected chi connectivity index (χ2v) is 6.60. The van der Waals surface area contributed by atoms with E-state index in [0.717, 1.165) is 41.5 Å². The second-order valence-electron chi connectivity index (χ2n) is 6.60. The highest BCUT2D eigenvalue weighted by atomic mass is 15.3. The van der Waals surface area contributed by atoms with Gasteiger partial charge in [-0.2, -0.15) is 0 Å². The first-order chi connectivity index (χ1) is 11.6. The molecule has 1 fully saturated rings. The van der Waals surface area contributed by atoms with Crippen molar-refractivity contribution in [1.29, 1.82) is 0 Å². The first-order valence-electron chi connectivity index (χ1n) is 8.24. The van der Waals surface area contributed by atoms with Gasteiger partial charge in [-0.15, -0.1) is 0 Å². The molecule has 0 bridgehead atoms. The summed E-state index contributed by atoms with van der Waals surface area (Å²) in [4.78, 5) is 20.0. The monoisotopic (exact) mass is 323 g/mol. The molecule has 0 unspecified atom stereocenters. The second kappa shape index (κ2) is 5.83. The fourth-order valence-electron chi connectivity index (χ4n) is 2.98. The van der Waals surface area contributed by atoms with E-state index in [4.69, 9.17) is 5.73 Å². The minimum absolute atomic E-state index is 0.234. The molecule has 2 N–H and O–H groups in total. The lowest BCUT2D eigenvalue weighted by Gasteiger charge is -2.36. The van der Waals surface area contributed by atoms with Crippen LogP contribution in [0.15, 0.2) is 30.9 Å². The van der Waals surface area contributed by atoms with Gasteiger partial charge in [0.25, 0.3) is 0 Å². The minimum Gasteiger partial charge on any atom is -0.338 e. The van der Waals surface area contributed by atoms with Crippen molar-refractivity contribution in [2.45, 2.75) is 32.4 Å². The lowest BCUT2D eigenvalue weighted by Crippen LogP contribution is -2.56. The molecule has 1 aliphatic heterocycles. The van der Waals surface area contributed by atoms with Crippen LogP contribution in [0.3, 0.4) is 0 Å². The number of nitrogens with two attached hydrogens (primary N) is 1. The number of rotatable bonds is 4. The maximum atomic E-state index is 5.83. The van der Waals surface area contributed by atoms with Gasteiger partial charge < -0.3 is 15.2 Å². The van der Waals surface area contributed by atoms with Gasteiger partial charge in [0.2, 0.25) is 5.95 Å². The zero-order chi connectivity index (χ0) is 16.7. The summed E-state index contributed by atoms with van der Waals surface area (Å²) in [5, 5.41) is 0. The molecule has 124 valence electrons. The summed E-state index contributed by atoms with van der Waals surface area (Å²) >= 11 is 0. The van der Waals surface area contributed by atoms with Gasteiger partial charge in [-0.3, -0.25) is 4.98 Å². The molecule has 24 heavy (non-hydrogen) atoms. The fourth-order valence-corrected chi connectivity index (χ4v) is 2.98. The number of nitrogens with zero attached hydrogens (tertiary/aromatic N) is 6. The van der Waals surface area contributed by atoms with E-state index in [9.17, 15) is 0 Å². The van der Waals surface area contributed by atoms with Gasteiger partial charge in [-0.25, -0.2) is 15.0 Å². The Balaban J connectivity index is 1.60. The van der Waals surface area contributed by atoms with Crippen LogP contribution in [-0.2, 0) is 6.42 Å². The van der Waals surface area contributed by atoms with Crippen molar-refractivity contribution in [1.82, 2.24) is 24.5 Å². The van der Waals surface area contributed by atoms with Crippen molar-refractivity contribution in [2.24, 2.45) is 5.73 Å². The lowest BCUT2D eigenvalue weighted by atomic mass is 10.1. The highest BCUT2D eigenvalue weighted by Gasteiger charge is 2.25. The Kier molecular flexibility index (Phi) is 3.65. The van der Waals surface area contributed by atoms with Crippen LogP contribution in [-0.4, -0.2) is 43.6 Å². The maximum absolute atomic E-state index is 5.83. The highest BCUT2D eigenvalue weighted by Crippen LogP contribution is 2.20. The molecule has 0 amide bonds. The molecule has 0 saturated carbocycles. The zero-order valence-corrected chi connectivity index (χ0v) is 13.9. The fraction of sp³-hybridized carbons (Fsp3) is 0.412. The number of hydrogen-bond donors (Lipinski definition) is 1. The standard InChI is InChI=1S/C17H21N7/c1-11(2)24-10-21-15-7-20-14(6-16(15)24)5-13-3-4-19-17(22-13)23-8-12(18)9-23/h3-4,6-7,10-12H,5,8-9,18H2,1-2H3. The smallest absolute Gasteiger partial charge is 0.225 e. The predicted molar refractivity (Wildman–Crippen MR) is 92.9 cm³/mol. The average Bonchev–Trinajstić information content (AvgIpc) is 2.95. The van der Waals surface area contributed by atoms with Crippen LogP contribution in [0.25, 0.3) is 11.0 Å². The predicted octanol–water partition coefficient (Wildman–Crippen LogP) is 1.54. The summed E-state index contributed by atoms with van der Waals surface area (Å²) in [7, 11) is 0. The van der Waals surface area contributed by atoms with Crippen LogP contribution >= 0.6 is 0 Å². The zero-order valence-electron chi connectivity index (χ0n) is 13.9. The van der Waals surface area contributed by atoms with E-state index in [0.29, 0.717) is 12.5 Å². The van der Waals surface area contributed by atoms with E-state index in [2.05, 4.69) is 49.3 Å². The van der Waals surface area contributed by atoms with Crippen LogP contribution in [0.4, 0.5) is 5.95 Å². The van der Waals surface area contributed by atoms with Gasteiger partial charge in [0.05, 0.1) is 23.7 Å². The van der Waals surface area contributed by atoms with E-state index in [-0.39, 0.29) is 6.04 Å². The van der Waals surface area contributed by atoms with Crippen LogP contribution in [0.1, 0.15) is 31.3 Å². The van der Waals surface area contributed by atoms with Crippen LogP contribution in [0.5, 0.6) is 0 Å². The van der Waals surface area contributed by atoms with Crippen molar-refractivity contribution in [3.8, 4) is 0 Å². The van der Waals surface area contributed by atoms with Gasteiger partial charge in [-0.1, -0.05) is 0 Å². The SMILES string of the molecule is CC(C)n1cnc2cnc(Cc3ccnc(N4CC(N)C4)n3)cc21. The first-order valence-corrected chi connectivity index (χ1v) is 8.24. The number of hydrogen-bond acceptors (Lipinski definition) is 6. The van der Waals surface area contributed by atoms with Gasteiger partial charge in [0.1, 0.15) is 5.52 Å². The van der Waals surface area contributed by atoms with Crippen molar-refractivity contribution in [3.05, 3.63) is 42.2 Å². The Morgan fingerprint density at radius 2 is 2.04 bits per heavy atom. The third-order valence-electron chi connectivity index (χ3n) is 4.33. The molecule has 0 spiro atoms. The molecular formula is C17H21N7. The van der Waals surface area contributed by atoms with Crippen molar-refractivity contribution in [3.63, 3.8) is 0 Å². The molecular weight excluding hydrogens is 302 g/mol. The topological polar surface area (TPSA) is 85.8 Å². The average molecular weight is 323 g/mol. The Hall–Kier alpha value is -2.54. The molecule has 0 atom stereocenters. The third-order valence-corrected chi connectivity index (χ3v) is 4.33. The highest BCUT2D eigenvalue weighted by molar-refractivity contribution is 5.74. The van der Waals surface area contributed by atoms with E-state index < -0.39 is 0 Å². The Labute approximate surface area is 140 Å². The Morgan fingerprint density at radius 3 is 2.79 bits per heavy atom. The largest absolute Gasteiger partial charge is 0.338 e. The quantitative estimate of drug-likeness (QED) is 0.784. The normalized spacial score (nSPS) is 15.2. The summed E-state index contributed by atoms with van der Waals surface area (Å²) in [6.45, 7) is 5.94. The summed E-state index contributed by atoms with van der Waals surface area (Å²) in [5.41, 5.74) is 9.81. The molecule has 1 aliphatic rings. The third kappa shape index (κ3) is 2.71. The molecule has 1 saturated heterocycles. The Bertz CT molecular complexity index is 864. The van der Waals surface area contributed by atoms with Crippen LogP contribution < -0.4 is 10.6 Å². The summed E-state index contributed by atoms with van der Waals surface area (Å²) in [5.74, 6) is 0.752. The van der Waals surface area contributed by atoms with Gasteiger partial charge in [0.15, 0.2) is 0 Å². The van der Waals surface area contributed by atoms with Crippen molar-refractivity contribution < 1.29 is 0 Å². The van der Waals surface area contributed by atoms with Crippen LogP contribution in [0.2, 0.25) is 0 Å². The molecule has 0 radical (unpaired) electrons. The van der Waals surface area contributed by atoms with Gasteiger partial charge in [-0.05, 0) is 26.0 Å². The number of imidazole rings is 1. The van der Waals surface area contributed by atoms with Crippen LogP contribution in [0, 0.1) is 0 Å². The van der Waals surface area contributed by atoms with E-state index in [1.54, 1.807) is 6.20 Å². The Morgan fingerprint density at radius 1 is 1.21 bits per heavy atom. The summed E-state index contributed by atoms with van der Waals surface area (Å²) in [6.07, 6.45) is 6.18. The van der Waals surface area contributed by atoms with Gasteiger partial charge in [0, 0.05) is 43.5 Å². The van der Waals surface area contributed by atoms with E-state index in [1.807, 2.05) is 18.6 Å². The number of anilines is 1. The lowest BCUT2D eigenvalue weighted by molar-refractivity contribution is 0.508. The minimum atomic E-state index is 0.234. The summed E-state index contributed by atoms with van der Waals surface area (Å²) < 4.78 is 2.16.